The lowest BCUT2D eigenvalue weighted by molar-refractivity contribution is -0.110. The molecule has 1 amide bonds. The fraction of sp³-hybridized carbons (Fsp3) is 0.269. The SMILES string of the molecule is Cc1c(Br)ccc2c1C(=Cc1oc3c(c1C(C)Nc1ccccc1)CCCC3)C(=O)N2. The summed E-state index contributed by atoms with van der Waals surface area (Å²) in [4.78, 5) is 12.9. The van der Waals surface area contributed by atoms with Crippen molar-refractivity contribution in [2.75, 3.05) is 10.6 Å². The summed E-state index contributed by atoms with van der Waals surface area (Å²) < 4.78 is 7.38. The minimum atomic E-state index is -0.0832. The van der Waals surface area contributed by atoms with Crippen molar-refractivity contribution in [2.45, 2.75) is 45.6 Å². The molecular formula is C26H25BrN2O2. The summed E-state index contributed by atoms with van der Waals surface area (Å²) in [5.41, 5.74) is 7.05. The van der Waals surface area contributed by atoms with Gasteiger partial charge in [0.05, 0.1) is 11.6 Å². The van der Waals surface area contributed by atoms with E-state index in [1.807, 2.05) is 43.3 Å². The molecular weight excluding hydrogens is 452 g/mol. The molecule has 2 aliphatic rings. The number of benzene rings is 2. The predicted octanol–water partition coefficient (Wildman–Crippen LogP) is 6.90. The Hall–Kier alpha value is -2.79. The number of fused-ring (bicyclic) bond motifs is 2. The summed E-state index contributed by atoms with van der Waals surface area (Å²) in [6, 6.07) is 14.2. The molecule has 0 spiro atoms. The van der Waals surface area contributed by atoms with Crippen LogP contribution in [0.1, 0.15) is 59.6 Å². The van der Waals surface area contributed by atoms with Gasteiger partial charge in [-0.2, -0.15) is 0 Å². The maximum atomic E-state index is 12.9. The van der Waals surface area contributed by atoms with Gasteiger partial charge in [0.15, 0.2) is 0 Å². The van der Waals surface area contributed by atoms with Crippen molar-refractivity contribution in [3.05, 3.63) is 80.7 Å². The zero-order valence-electron chi connectivity index (χ0n) is 17.7. The van der Waals surface area contributed by atoms with Gasteiger partial charge in [0, 0.05) is 33.4 Å². The van der Waals surface area contributed by atoms with E-state index in [2.05, 4.69) is 45.6 Å². The summed E-state index contributed by atoms with van der Waals surface area (Å²) in [6.45, 7) is 4.20. The van der Waals surface area contributed by atoms with Crippen LogP contribution in [0.4, 0.5) is 11.4 Å². The Kier molecular flexibility index (Phi) is 5.22. The minimum absolute atomic E-state index is 0.0624. The van der Waals surface area contributed by atoms with Crippen molar-refractivity contribution in [1.29, 1.82) is 0 Å². The highest BCUT2D eigenvalue weighted by Crippen LogP contribution is 2.41. The molecule has 5 heteroatoms. The third-order valence-electron chi connectivity index (χ3n) is 6.27. The molecule has 158 valence electrons. The molecule has 0 radical (unpaired) electrons. The molecule has 5 rings (SSSR count). The van der Waals surface area contributed by atoms with Crippen LogP contribution in [0.5, 0.6) is 0 Å². The summed E-state index contributed by atoms with van der Waals surface area (Å²) in [7, 11) is 0. The highest BCUT2D eigenvalue weighted by molar-refractivity contribution is 9.10. The van der Waals surface area contributed by atoms with E-state index in [4.69, 9.17) is 4.42 Å². The van der Waals surface area contributed by atoms with E-state index in [9.17, 15) is 4.79 Å². The van der Waals surface area contributed by atoms with Crippen molar-refractivity contribution in [2.24, 2.45) is 0 Å². The Labute approximate surface area is 190 Å². The molecule has 2 heterocycles. The summed E-state index contributed by atoms with van der Waals surface area (Å²) in [5, 5.41) is 6.61. The Bertz CT molecular complexity index is 1190. The number of rotatable bonds is 4. The molecule has 0 saturated heterocycles. The predicted molar refractivity (Wildman–Crippen MR) is 129 cm³/mol. The van der Waals surface area contributed by atoms with Gasteiger partial charge in [-0.1, -0.05) is 34.1 Å². The van der Waals surface area contributed by atoms with E-state index in [1.165, 1.54) is 17.5 Å². The number of hydrogen-bond acceptors (Lipinski definition) is 3. The maximum absolute atomic E-state index is 12.9. The van der Waals surface area contributed by atoms with Gasteiger partial charge in [-0.05, 0) is 74.6 Å². The second-order valence-electron chi connectivity index (χ2n) is 8.33. The first-order chi connectivity index (χ1) is 15.0. The molecule has 31 heavy (non-hydrogen) atoms. The fourth-order valence-corrected chi connectivity index (χ4v) is 5.09. The molecule has 2 N–H and O–H groups in total. The van der Waals surface area contributed by atoms with E-state index >= 15 is 0 Å². The molecule has 1 atom stereocenters. The van der Waals surface area contributed by atoms with Crippen LogP contribution in [-0.2, 0) is 17.6 Å². The quantitative estimate of drug-likeness (QED) is 0.402. The first-order valence-corrected chi connectivity index (χ1v) is 11.6. The number of nitrogens with one attached hydrogen (secondary N) is 2. The van der Waals surface area contributed by atoms with E-state index < -0.39 is 0 Å². The number of para-hydroxylation sites is 1. The molecule has 1 aromatic heterocycles. The number of amides is 1. The zero-order chi connectivity index (χ0) is 21.5. The molecule has 3 aromatic rings. The van der Waals surface area contributed by atoms with Crippen LogP contribution in [0.3, 0.4) is 0 Å². The first-order valence-electron chi connectivity index (χ1n) is 10.8. The lowest BCUT2D eigenvalue weighted by Gasteiger charge is -2.18. The van der Waals surface area contributed by atoms with Crippen LogP contribution < -0.4 is 10.6 Å². The smallest absolute Gasteiger partial charge is 0.256 e. The maximum Gasteiger partial charge on any atom is 0.256 e. The highest BCUT2D eigenvalue weighted by atomic mass is 79.9. The van der Waals surface area contributed by atoms with E-state index in [1.54, 1.807) is 0 Å². The molecule has 4 nitrogen and oxygen atoms in total. The number of carbonyl (C=O) groups is 1. The van der Waals surface area contributed by atoms with Crippen LogP contribution >= 0.6 is 15.9 Å². The Morgan fingerprint density at radius 3 is 2.71 bits per heavy atom. The number of anilines is 2. The third-order valence-corrected chi connectivity index (χ3v) is 7.13. The van der Waals surface area contributed by atoms with Crippen LogP contribution in [0, 0.1) is 6.92 Å². The van der Waals surface area contributed by atoms with Gasteiger partial charge >= 0.3 is 0 Å². The van der Waals surface area contributed by atoms with Crippen molar-refractivity contribution in [3.8, 4) is 0 Å². The number of furan rings is 1. The molecule has 0 bridgehead atoms. The highest BCUT2D eigenvalue weighted by Gasteiger charge is 2.30. The number of carbonyl (C=O) groups excluding carboxylic acids is 1. The number of halogens is 1. The van der Waals surface area contributed by atoms with Crippen LogP contribution in [0.25, 0.3) is 11.6 Å². The molecule has 0 fully saturated rings. The average Bonchev–Trinajstić information content (AvgIpc) is 3.29. The molecule has 1 aliphatic carbocycles. The molecule has 1 unspecified atom stereocenters. The Morgan fingerprint density at radius 1 is 1.13 bits per heavy atom. The largest absolute Gasteiger partial charge is 0.461 e. The zero-order valence-corrected chi connectivity index (χ0v) is 19.3. The van der Waals surface area contributed by atoms with Crippen LogP contribution in [0.15, 0.2) is 51.4 Å². The fourth-order valence-electron chi connectivity index (χ4n) is 4.76. The van der Waals surface area contributed by atoms with Crippen molar-refractivity contribution < 1.29 is 9.21 Å². The van der Waals surface area contributed by atoms with Gasteiger partial charge in [0.25, 0.3) is 5.91 Å². The standard InChI is InChI=1S/C26H25BrN2O2/c1-15-20(27)12-13-21-24(15)19(26(30)29-21)14-23-25(18-10-6-7-11-22(18)31-23)16(2)28-17-8-4-3-5-9-17/h3-5,8-9,12-14,16,28H,6-7,10-11H2,1-2H3,(H,29,30). The summed E-state index contributed by atoms with van der Waals surface area (Å²) >= 11 is 3.60. The lowest BCUT2D eigenvalue weighted by atomic mass is 9.91. The lowest BCUT2D eigenvalue weighted by Crippen LogP contribution is -2.11. The van der Waals surface area contributed by atoms with Gasteiger partial charge in [0.2, 0.25) is 0 Å². The van der Waals surface area contributed by atoms with E-state index in [-0.39, 0.29) is 11.9 Å². The Morgan fingerprint density at radius 2 is 1.90 bits per heavy atom. The summed E-state index contributed by atoms with van der Waals surface area (Å²) in [5.74, 6) is 1.78. The number of aryl methyl sites for hydroxylation is 1. The van der Waals surface area contributed by atoms with Gasteiger partial charge < -0.3 is 15.1 Å². The topological polar surface area (TPSA) is 54.3 Å². The summed E-state index contributed by atoms with van der Waals surface area (Å²) in [6.07, 6.45) is 6.23. The normalized spacial score (nSPS) is 17.3. The van der Waals surface area contributed by atoms with E-state index in [0.717, 1.165) is 57.8 Å². The van der Waals surface area contributed by atoms with Gasteiger partial charge in [-0.3, -0.25) is 4.79 Å². The average molecular weight is 477 g/mol. The monoisotopic (exact) mass is 476 g/mol. The molecule has 0 saturated carbocycles. The van der Waals surface area contributed by atoms with E-state index in [0.29, 0.717) is 5.57 Å². The van der Waals surface area contributed by atoms with Gasteiger partial charge in [0.1, 0.15) is 11.5 Å². The van der Waals surface area contributed by atoms with Crippen molar-refractivity contribution in [1.82, 2.24) is 0 Å². The second-order valence-corrected chi connectivity index (χ2v) is 9.18. The van der Waals surface area contributed by atoms with Gasteiger partial charge in [-0.25, -0.2) is 0 Å². The number of hydrogen-bond donors (Lipinski definition) is 2. The minimum Gasteiger partial charge on any atom is -0.461 e. The first kappa shape index (κ1) is 20.1. The second kappa shape index (κ2) is 8.04. The third kappa shape index (κ3) is 3.61. The molecule has 2 aromatic carbocycles. The van der Waals surface area contributed by atoms with Gasteiger partial charge in [-0.15, -0.1) is 0 Å². The molecule has 1 aliphatic heterocycles. The van der Waals surface area contributed by atoms with Crippen molar-refractivity contribution in [3.63, 3.8) is 0 Å². The van der Waals surface area contributed by atoms with Crippen LogP contribution in [0.2, 0.25) is 0 Å². The van der Waals surface area contributed by atoms with Crippen molar-refractivity contribution >= 4 is 44.9 Å². The Balaban J connectivity index is 1.62. The van der Waals surface area contributed by atoms with Crippen LogP contribution in [-0.4, -0.2) is 5.91 Å².